The molecule has 1 aromatic rings. The number of pyridine rings is 1. The number of likely N-dealkylation sites (N-methyl/N-ethyl adjacent to an activating group) is 2. The molecule has 1 heterocycles. The molecule has 0 unspecified atom stereocenters. The summed E-state index contributed by atoms with van der Waals surface area (Å²) in [5.74, 6) is 0. The van der Waals surface area contributed by atoms with Crippen LogP contribution < -0.4 is 0 Å². The summed E-state index contributed by atoms with van der Waals surface area (Å²) in [4.78, 5) is 6.05. The molecule has 1 fully saturated rings. The van der Waals surface area contributed by atoms with Gasteiger partial charge in [-0.25, -0.2) is 13.4 Å². The molecule has 2 rings (SSSR count). The summed E-state index contributed by atoms with van der Waals surface area (Å²) in [5.41, 5.74) is -0.0757. The van der Waals surface area contributed by atoms with Crippen LogP contribution in [0.4, 0.5) is 0 Å². The Morgan fingerprint density at radius 1 is 1.38 bits per heavy atom. The highest BCUT2D eigenvalue weighted by Crippen LogP contribution is 2.38. The van der Waals surface area contributed by atoms with Crippen LogP contribution in [-0.4, -0.2) is 55.8 Å². The second-order valence-electron chi connectivity index (χ2n) is 5.68. The van der Waals surface area contributed by atoms with Crippen molar-refractivity contribution in [3.8, 4) is 0 Å². The van der Waals surface area contributed by atoms with E-state index in [1.807, 2.05) is 14.1 Å². The monoisotopic (exact) mass is 395 g/mol. The molecule has 1 aliphatic rings. The van der Waals surface area contributed by atoms with Gasteiger partial charge in [-0.3, -0.25) is 0 Å². The predicted octanol–water partition coefficient (Wildman–Crippen LogP) is 2.60. The van der Waals surface area contributed by atoms with Crippen molar-refractivity contribution in [2.24, 2.45) is 0 Å². The topological polar surface area (TPSA) is 53.5 Å². The highest BCUT2D eigenvalue weighted by molar-refractivity contribution is 9.10. The summed E-state index contributed by atoms with van der Waals surface area (Å²) in [6.45, 7) is 0.450. The van der Waals surface area contributed by atoms with E-state index in [-0.39, 0.29) is 15.6 Å². The Hall–Kier alpha value is -0.210. The number of sulfonamides is 1. The summed E-state index contributed by atoms with van der Waals surface area (Å²) in [7, 11) is 1.93. The zero-order valence-corrected chi connectivity index (χ0v) is 15.5. The lowest BCUT2D eigenvalue weighted by Gasteiger charge is -2.48. The summed E-state index contributed by atoms with van der Waals surface area (Å²) in [5, 5.41) is -0.00226. The number of halogens is 2. The molecular weight excluding hydrogens is 378 g/mol. The van der Waals surface area contributed by atoms with E-state index >= 15 is 0 Å². The summed E-state index contributed by atoms with van der Waals surface area (Å²) in [6.07, 6.45) is 4.62. The molecule has 0 aromatic carbocycles. The normalized spacial score (nSPS) is 18.0. The fraction of sp³-hybridized carbons (Fsp3) is 0.615. The highest BCUT2D eigenvalue weighted by Gasteiger charge is 2.42. The van der Waals surface area contributed by atoms with E-state index in [2.05, 4.69) is 25.8 Å². The van der Waals surface area contributed by atoms with Gasteiger partial charge in [0, 0.05) is 29.8 Å². The van der Waals surface area contributed by atoms with E-state index in [0.29, 0.717) is 11.0 Å². The van der Waals surface area contributed by atoms with Crippen LogP contribution in [-0.2, 0) is 10.0 Å². The molecule has 8 heteroatoms. The highest BCUT2D eigenvalue weighted by atomic mass is 79.9. The van der Waals surface area contributed by atoms with Gasteiger partial charge >= 0.3 is 0 Å². The number of hydrogen-bond acceptors (Lipinski definition) is 4. The van der Waals surface area contributed by atoms with Crippen molar-refractivity contribution in [3.63, 3.8) is 0 Å². The molecule has 0 saturated heterocycles. The minimum absolute atomic E-state index is 0.00226. The molecule has 0 aliphatic heterocycles. The molecular formula is C13H19BrClN3O2S. The predicted molar refractivity (Wildman–Crippen MR) is 87.0 cm³/mol. The minimum atomic E-state index is -3.65. The van der Waals surface area contributed by atoms with Gasteiger partial charge in [-0.05, 0) is 55.4 Å². The maximum Gasteiger partial charge on any atom is 0.245 e. The zero-order valence-electron chi connectivity index (χ0n) is 12.3. The van der Waals surface area contributed by atoms with E-state index < -0.39 is 10.0 Å². The van der Waals surface area contributed by atoms with Crippen LogP contribution in [0.25, 0.3) is 0 Å². The molecule has 0 spiro atoms. The lowest BCUT2D eigenvalue weighted by Crippen LogP contribution is -2.57. The Morgan fingerprint density at radius 2 is 2.00 bits per heavy atom. The third-order valence-electron chi connectivity index (χ3n) is 4.21. The Labute approximate surface area is 139 Å². The van der Waals surface area contributed by atoms with Crippen molar-refractivity contribution in [2.75, 3.05) is 27.7 Å². The Balaban J connectivity index is 2.29. The first kappa shape index (κ1) is 17.1. The summed E-state index contributed by atoms with van der Waals surface area (Å²) >= 11 is 9.19. The molecule has 0 bridgehead atoms. The van der Waals surface area contributed by atoms with Crippen LogP contribution in [0.15, 0.2) is 21.6 Å². The van der Waals surface area contributed by atoms with Gasteiger partial charge < -0.3 is 4.90 Å². The number of rotatable bonds is 5. The number of hydrogen-bond donors (Lipinski definition) is 0. The summed E-state index contributed by atoms with van der Waals surface area (Å²) in [6, 6.07) is 1.49. The first-order chi connectivity index (χ1) is 9.69. The largest absolute Gasteiger partial charge is 0.302 e. The molecule has 0 N–H and O–H groups in total. The molecule has 1 aromatic heterocycles. The van der Waals surface area contributed by atoms with Crippen LogP contribution in [0.2, 0.25) is 5.15 Å². The average molecular weight is 397 g/mol. The van der Waals surface area contributed by atoms with E-state index in [1.165, 1.54) is 16.6 Å². The van der Waals surface area contributed by atoms with Crippen molar-refractivity contribution in [2.45, 2.75) is 29.7 Å². The maximum atomic E-state index is 12.7. The lowest BCUT2D eigenvalue weighted by atomic mass is 9.75. The molecule has 118 valence electrons. The smallest absolute Gasteiger partial charge is 0.245 e. The van der Waals surface area contributed by atoms with E-state index in [4.69, 9.17) is 11.6 Å². The van der Waals surface area contributed by atoms with Gasteiger partial charge in [-0.2, -0.15) is 4.31 Å². The first-order valence-corrected chi connectivity index (χ1v) is 9.25. The van der Waals surface area contributed by atoms with Crippen LogP contribution in [0, 0.1) is 0 Å². The quantitative estimate of drug-likeness (QED) is 0.718. The van der Waals surface area contributed by atoms with E-state index in [0.717, 1.165) is 19.3 Å². The Bertz CT molecular complexity index is 632. The molecule has 0 amide bonds. The van der Waals surface area contributed by atoms with Gasteiger partial charge in [-0.15, -0.1) is 0 Å². The van der Waals surface area contributed by atoms with Crippen LogP contribution >= 0.6 is 27.5 Å². The molecule has 5 nitrogen and oxygen atoms in total. The fourth-order valence-electron chi connectivity index (χ4n) is 2.58. The minimum Gasteiger partial charge on any atom is -0.302 e. The second-order valence-corrected chi connectivity index (χ2v) is 8.96. The molecule has 0 atom stereocenters. The van der Waals surface area contributed by atoms with E-state index in [9.17, 15) is 8.42 Å². The Kier molecular flexibility index (Phi) is 5.00. The first-order valence-electron chi connectivity index (χ1n) is 6.64. The van der Waals surface area contributed by atoms with Crippen LogP contribution in [0.3, 0.4) is 0 Å². The van der Waals surface area contributed by atoms with Crippen molar-refractivity contribution >= 4 is 37.6 Å². The van der Waals surface area contributed by atoms with Gasteiger partial charge in [0.05, 0.1) is 0 Å². The average Bonchev–Trinajstić information content (AvgIpc) is 2.35. The maximum absolute atomic E-state index is 12.7. The second kappa shape index (κ2) is 6.12. The number of aromatic nitrogens is 1. The SMILES string of the molecule is CN(C)C1(CN(C)S(=O)(=O)c2cc(Br)cnc2Cl)CCC1. The third kappa shape index (κ3) is 3.27. The van der Waals surface area contributed by atoms with Gasteiger partial charge in [0.2, 0.25) is 10.0 Å². The van der Waals surface area contributed by atoms with Crippen molar-refractivity contribution in [1.82, 2.24) is 14.2 Å². The van der Waals surface area contributed by atoms with Gasteiger partial charge in [0.15, 0.2) is 0 Å². The molecule has 1 aliphatic carbocycles. The number of nitrogens with zero attached hydrogens (tertiary/aromatic N) is 3. The van der Waals surface area contributed by atoms with E-state index in [1.54, 1.807) is 7.05 Å². The van der Waals surface area contributed by atoms with Gasteiger partial charge in [0.25, 0.3) is 0 Å². The van der Waals surface area contributed by atoms with Gasteiger partial charge in [0.1, 0.15) is 10.0 Å². The van der Waals surface area contributed by atoms with Crippen molar-refractivity contribution in [1.29, 1.82) is 0 Å². The van der Waals surface area contributed by atoms with Crippen LogP contribution in [0.5, 0.6) is 0 Å². The van der Waals surface area contributed by atoms with Gasteiger partial charge in [-0.1, -0.05) is 11.6 Å². The lowest BCUT2D eigenvalue weighted by molar-refractivity contribution is 0.0455. The standard InChI is InChI=1S/C13H19BrClN3O2S/c1-17(2)13(5-4-6-13)9-18(3)21(19,20)11-7-10(14)8-16-12(11)15/h7-8H,4-6,9H2,1-3H3. The Morgan fingerprint density at radius 3 is 2.48 bits per heavy atom. The molecule has 21 heavy (non-hydrogen) atoms. The van der Waals surface area contributed by atoms with Crippen LogP contribution in [0.1, 0.15) is 19.3 Å². The molecule has 0 radical (unpaired) electrons. The van der Waals surface area contributed by atoms with Crippen molar-refractivity contribution in [3.05, 3.63) is 21.9 Å². The third-order valence-corrected chi connectivity index (χ3v) is 6.88. The zero-order chi connectivity index (χ0) is 15.8. The summed E-state index contributed by atoms with van der Waals surface area (Å²) < 4.78 is 27.4. The van der Waals surface area contributed by atoms with Crippen molar-refractivity contribution < 1.29 is 8.42 Å². The fourth-order valence-corrected chi connectivity index (χ4v) is 4.75. The molecule has 1 saturated carbocycles.